The second-order valence-corrected chi connectivity index (χ2v) is 19.8. The number of aliphatic hydroxyl groups is 9. The van der Waals surface area contributed by atoms with Crippen LogP contribution in [0.5, 0.6) is 0 Å². The number of aliphatic hydroxyl groups excluding tert-OH is 8. The number of rotatable bonds is 9. The molecular formula is C41H70O13. The molecule has 0 radical (unpaired) electrons. The molecule has 9 N–H and O–H groups in total. The van der Waals surface area contributed by atoms with Crippen molar-refractivity contribution in [3.05, 3.63) is 11.6 Å². The first-order valence-electron chi connectivity index (χ1n) is 20.4. The number of ether oxygens (including phenoxy) is 4. The molecular weight excluding hydrogens is 700 g/mol. The Balaban J connectivity index is 1.38. The van der Waals surface area contributed by atoms with Gasteiger partial charge in [0.25, 0.3) is 0 Å². The van der Waals surface area contributed by atoms with Gasteiger partial charge in [-0.05, 0) is 117 Å². The van der Waals surface area contributed by atoms with Gasteiger partial charge in [0.05, 0.1) is 37.1 Å². The monoisotopic (exact) mass is 770 g/mol. The normalized spacial score (nSPS) is 52.8. The Morgan fingerprint density at radius 3 is 2.17 bits per heavy atom. The van der Waals surface area contributed by atoms with Crippen LogP contribution in [-0.4, -0.2) is 138 Å². The molecule has 13 nitrogen and oxygen atoms in total. The van der Waals surface area contributed by atoms with Crippen LogP contribution in [0.1, 0.15) is 107 Å². The van der Waals surface area contributed by atoms with Crippen LogP contribution in [0.2, 0.25) is 0 Å². The van der Waals surface area contributed by atoms with E-state index in [-0.39, 0.29) is 30.3 Å². The second-order valence-electron chi connectivity index (χ2n) is 19.8. The fourth-order valence-electron chi connectivity index (χ4n) is 13.1. The maximum Gasteiger partial charge on any atom is 0.187 e. The van der Waals surface area contributed by atoms with Crippen molar-refractivity contribution in [3.8, 4) is 0 Å². The highest BCUT2D eigenvalue weighted by molar-refractivity contribution is 5.22. The SMILES string of the molecule is CC(C)=CCCC(C)(O)C1CCC2(C)C1C(O)CC1C3(C)CCC(O)C(C)(C)C3C(O[C@@H]3O[C@H](CO)[C@@H](O)[C@H](O)[C@H]3O[C@H]3OC[C@@H](O)[C@H](O)[C@H]3O)CC12C. The summed E-state index contributed by atoms with van der Waals surface area (Å²) in [5, 5.41) is 99.6. The molecule has 54 heavy (non-hydrogen) atoms. The van der Waals surface area contributed by atoms with Crippen LogP contribution >= 0.6 is 0 Å². The molecule has 0 aromatic carbocycles. The molecule has 6 rings (SSSR count). The Hall–Kier alpha value is -0.780. The maximum atomic E-state index is 12.2. The molecule has 2 aliphatic heterocycles. The van der Waals surface area contributed by atoms with Gasteiger partial charge in [0.1, 0.15) is 42.7 Å². The number of allylic oxidation sites excluding steroid dienone is 2. The van der Waals surface area contributed by atoms with Crippen LogP contribution < -0.4 is 0 Å². The fourth-order valence-corrected chi connectivity index (χ4v) is 13.1. The van der Waals surface area contributed by atoms with E-state index in [1.54, 1.807) is 0 Å². The van der Waals surface area contributed by atoms with Crippen molar-refractivity contribution in [2.24, 2.45) is 45.3 Å². The van der Waals surface area contributed by atoms with Crippen LogP contribution in [0, 0.1) is 45.3 Å². The summed E-state index contributed by atoms with van der Waals surface area (Å²) in [4.78, 5) is 0. The van der Waals surface area contributed by atoms with Gasteiger partial charge >= 0.3 is 0 Å². The van der Waals surface area contributed by atoms with Crippen LogP contribution in [0.25, 0.3) is 0 Å². The van der Waals surface area contributed by atoms with E-state index in [4.69, 9.17) is 18.9 Å². The molecule has 20 atom stereocenters. The van der Waals surface area contributed by atoms with Crippen molar-refractivity contribution in [2.75, 3.05) is 13.2 Å². The Morgan fingerprint density at radius 1 is 0.833 bits per heavy atom. The van der Waals surface area contributed by atoms with E-state index < -0.39 is 107 Å². The molecule has 4 saturated carbocycles. The first-order chi connectivity index (χ1) is 25.0. The van der Waals surface area contributed by atoms with Gasteiger partial charge in [-0.3, -0.25) is 0 Å². The number of fused-ring (bicyclic) bond motifs is 5. The van der Waals surface area contributed by atoms with E-state index in [0.717, 1.165) is 19.3 Å². The van der Waals surface area contributed by atoms with Crippen molar-refractivity contribution in [1.29, 1.82) is 0 Å². The van der Waals surface area contributed by atoms with Gasteiger partial charge in [0.2, 0.25) is 0 Å². The highest BCUT2D eigenvalue weighted by atomic mass is 16.8. The molecule has 0 aromatic heterocycles. The van der Waals surface area contributed by atoms with E-state index in [2.05, 4.69) is 40.7 Å². The first kappa shape index (κ1) is 42.8. The molecule has 0 bridgehead atoms. The Bertz CT molecular complexity index is 1350. The maximum absolute atomic E-state index is 12.2. The molecule has 6 aliphatic rings. The van der Waals surface area contributed by atoms with E-state index in [0.29, 0.717) is 32.1 Å². The van der Waals surface area contributed by atoms with Gasteiger partial charge in [0, 0.05) is 0 Å². The molecule has 0 spiro atoms. The average molecular weight is 771 g/mol. The Morgan fingerprint density at radius 2 is 1.52 bits per heavy atom. The zero-order valence-corrected chi connectivity index (χ0v) is 33.5. The molecule has 312 valence electrons. The Labute approximate surface area is 320 Å². The summed E-state index contributed by atoms with van der Waals surface area (Å²) in [7, 11) is 0. The van der Waals surface area contributed by atoms with Crippen molar-refractivity contribution >= 4 is 0 Å². The van der Waals surface area contributed by atoms with Gasteiger partial charge in [-0.1, -0.05) is 46.3 Å². The molecule has 2 saturated heterocycles. The summed E-state index contributed by atoms with van der Waals surface area (Å²) in [5.41, 5.74) is -1.69. The minimum atomic E-state index is -1.68. The summed E-state index contributed by atoms with van der Waals surface area (Å²) >= 11 is 0. The Kier molecular flexibility index (Phi) is 12.0. The number of hydrogen-bond acceptors (Lipinski definition) is 13. The lowest BCUT2D eigenvalue weighted by Crippen LogP contribution is -2.71. The lowest BCUT2D eigenvalue weighted by Gasteiger charge is -2.72. The van der Waals surface area contributed by atoms with E-state index >= 15 is 0 Å². The third kappa shape index (κ3) is 6.86. The summed E-state index contributed by atoms with van der Waals surface area (Å²) < 4.78 is 24.8. The van der Waals surface area contributed by atoms with Gasteiger partial charge in [-0.25, -0.2) is 0 Å². The third-order valence-corrected chi connectivity index (χ3v) is 16.1. The van der Waals surface area contributed by atoms with E-state index in [1.165, 1.54) is 5.57 Å². The average Bonchev–Trinajstić information content (AvgIpc) is 3.48. The highest BCUT2D eigenvalue weighted by Gasteiger charge is 2.73. The zero-order valence-electron chi connectivity index (χ0n) is 33.5. The summed E-state index contributed by atoms with van der Waals surface area (Å²) in [6, 6.07) is 0. The van der Waals surface area contributed by atoms with E-state index in [9.17, 15) is 46.0 Å². The second kappa shape index (κ2) is 15.1. The van der Waals surface area contributed by atoms with Crippen molar-refractivity contribution in [2.45, 2.75) is 186 Å². The summed E-state index contributed by atoms with van der Waals surface area (Å²) in [5.74, 6) is -0.513. The van der Waals surface area contributed by atoms with Gasteiger partial charge in [0.15, 0.2) is 12.6 Å². The standard InChI is InChI=1S/C41H70O13/c1-20(2)10-9-13-41(8,50)21-11-15-39(6)28(21)22(43)16-26-38(5)14-12-27(45)37(3,4)34(38)24(17-40(26,39)7)52-36-33(31(48)30(47)25(18-42)53-36)54-35-32(49)29(46)23(44)19-51-35/h10,21-36,42-50H,9,11-19H2,1-8H3/t21?,22?,23-,24?,25-,26?,27?,28?,29+,30-,31+,32-,33-,34?,35-,36-,38?,39?,40?,41?/m1/s1. The van der Waals surface area contributed by atoms with E-state index in [1.807, 2.05) is 20.8 Å². The zero-order chi connectivity index (χ0) is 39.9. The molecule has 13 heteroatoms. The van der Waals surface area contributed by atoms with Gasteiger partial charge < -0.3 is 64.9 Å². The third-order valence-electron chi connectivity index (χ3n) is 16.1. The predicted molar refractivity (Wildman–Crippen MR) is 196 cm³/mol. The van der Waals surface area contributed by atoms with Gasteiger partial charge in [-0.15, -0.1) is 0 Å². The smallest absolute Gasteiger partial charge is 0.187 e. The molecule has 2 heterocycles. The molecule has 4 aliphatic carbocycles. The number of hydrogen-bond donors (Lipinski definition) is 9. The lowest BCUT2D eigenvalue weighted by atomic mass is 9.34. The van der Waals surface area contributed by atoms with Gasteiger partial charge in [-0.2, -0.15) is 0 Å². The topological polar surface area (TPSA) is 219 Å². The van der Waals surface area contributed by atoms with Crippen LogP contribution in [0.4, 0.5) is 0 Å². The van der Waals surface area contributed by atoms with Crippen molar-refractivity contribution < 1.29 is 64.9 Å². The molecule has 0 amide bonds. The fraction of sp³-hybridized carbons (Fsp3) is 0.951. The minimum absolute atomic E-state index is 0.0443. The lowest BCUT2D eigenvalue weighted by molar-refractivity contribution is -0.377. The van der Waals surface area contributed by atoms with Crippen LogP contribution in [0.3, 0.4) is 0 Å². The molecule has 11 unspecified atom stereocenters. The largest absolute Gasteiger partial charge is 0.394 e. The van der Waals surface area contributed by atoms with Crippen molar-refractivity contribution in [1.82, 2.24) is 0 Å². The van der Waals surface area contributed by atoms with Crippen LogP contribution in [0.15, 0.2) is 11.6 Å². The highest BCUT2D eigenvalue weighted by Crippen LogP contribution is 2.76. The summed E-state index contributed by atoms with van der Waals surface area (Å²) in [6.45, 7) is 16.0. The molecule has 6 fully saturated rings. The summed E-state index contributed by atoms with van der Waals surface area (Å²) in [6.07, 6.45) is -7.90. The quantitative estimate of drug-likeness (QED) is 0.121. The van der Waals surface area contributed by atoms with Crippen molar-refractivity contribution in [3.63, 3.8) is 0 Å². The molecule has 0 aromatic rings. The van der Waals surface area contributed by atoms with Crippen LogP contribution in [-0.2, 0) is 18.9 Å². The first-order valence-corrected chi connectivity index (χ1v) is 20.4. The minimum Gasteiger partial charge on any atom is -0.394 e. The predicted octanol–water partition coefficient (Wildman–Crippen LogP) is 1.76.